The second-order valence-electron chi connectivity index (χ2n) is 4.30. The summed E-state index contributed by atoms with van der Waals surface area (Å²) in [7, 11) is 0. The van der Waals surface area contributed by atoms with Crippen molar-refractivity contribution in [1.29, 1.82) is 0 Å². The molecule has 0 aliphatic heterocycles. The monoisotopic (exact) mass is 290 g/mol. The molecule has 0 spiro atoms. The van der Waals surface area contributed by atoms with Crippen molar-refractivity contribution in [2.45, 2.75) is 5.88 Å². The molecule has 5 heteroatoms. The van der Waals surface area contributed by atoms with E-state index >= 15 is 0 Å². The van der Waals surface area contributed by atoms with E-state index in [0.29, 0.717) is 17.0 Å². The highest BCUT2D eigenvalue weighted by molar-refractivity contribution is 6.17. The molecule has 0 aliphatic carbocycles. The summed E-state index contributed by atoms with van der Waals surface area (Å²) in [5.41, 5.74) is 2.06. The molecule has 2 heterocycles. The molecule has 0 atom stereocenters. The van der Waals surface area contributed by atoms with E-state index in [1.54, 1.807) is 24.4 Å². The zero-order chi connectivity index (χ0) is 14.1. The first-order chi connectivity index (χ1) is 9.69. The average molecular weight is 291 g/mol. The molecule has 1 aromatic carbocycles. The van der Waals surface area contributed by atoms with Gasteiger partial charge in [0.2, 0.25) is 0 Å². The largest absolute Gasteiger partial charge is 0.255 e. The summed E-state index contributed by atoms with van der Waals surface area (Å²) in [6.45, 7) is 0. The molecule has 0 saturated heterocycles. The first-order valence-electron chi connectivity index (χ1n) is 5.95. The van der Waals surface area contributed by atoms with Crippen LogP contribution in [-0.2, 0) is 5.88 Å². The molecule has 0 fully saturated rings. The van der Waals surface area contributed by atoms with Crippen molar-refractivity contribution in [3.8, 4) is 11.4 Å². The molecule has 0 bridgehead atoms. The molecule has 100 valence electrons. The van der Waals surface area contributed by atoms with Crippen molar-refractivity contribution >= 4 is 22.5 Å². The van der Waals surface area contributed by atoms with Gasteiger partial charge >= 0.3 is 0 Å². The maximum atomic E-state index is 13.8. The van der Waals surface area contributed by atoms with Crippen LogP contribution in [0.1, 0.15) is 5.56 Å². The minimum atomic E-state index is -0.659. The number of nitrogens with zero attached hydrogens (tertiary/aromatic N) is 2. The standard InChI is InChI=1S/C15H9ClF2N2/c16-8-9-5-11-12(18)6-10(17)7-14(11)20-15(9)13-3-1-2-4-19-13/h1-7H,8H2. The van der Waals surface area contributed by atoms with Crippen molar-refractivity contribution in [1.82, 2.24) is 9.97 Å². The molecule has 20 heavy (non-hydrogen) atoms. The van der Waals surface area contributed by atoms with Crippen LogP contribution >= 0.6 is 11.6 Å². The first-order valence-corrected chi connectivity index (χ1v) is 6.48. The number of hydrogen-bond donors (Lipinski definition) is 0. The van der Waals surface area contributed by atoms with Gasteiger partial charge in [0, 0.05) is 29.6 Å². The molecule has 0 N–H and O–H groups in total. The van der Waals surface area contributed by atoms with Crippen LogP contribution in [0.4, 0.5) is 8.78 Å². The predicted octanol–water partition coefficient (Wildman–Crippen LogP) is 4.31. The Hall–Kier alpha value is -2.07. The van der Waals surface area contributed by atoms with E-state index in [-0.39, 0.29) is 16.8 Å². The van der Waals surface area contributed by atoms with Crippen LogP contribution in [0.3, 0.4) is 0 Å². The molecule has 0 saturated carbocycles. The fraction of sp³-hybridized carbons (Fsp3) is 0.0667. The first kappa shape index (κ1) is 12.9. The van der Waals surface area contributed by atoms with Crippen LogP contribution in [0.15, 0.2) is 42.6 Å². The Morgan fingerprint density at radius 3 is 2.65 bits per heavy atom. The Labute approximate surface area is 119 Å². The van der Waals surface area contributed by atoms with E-state index in [1.807, 2.05) is 6.07 Å². The zero-order valence-electron chi connectivity index (χ0n) is 10.3. The highest BCUT2D eigenvalue weighted by Gasteiger charge is 2.13. The number of alkyl halides is 1. The lowest BCUT2D eigenvalue weighted by molar-refractivity contribution is 0.591. The SMILES string of the molecule is Fc1cc(F)c2cc(CCl)c(-c3ccccn3)nc2c1. The van der Waals surface area contributed by atoms with Gasteiger partial charge in [-0.05, 0) is 23.8 Å². The van der Waals surface area contributed by atoms with Crippen molar-refractivity contribution in [2.75, 3.05) is 0 Å². The Morgan fingerprint density at radius 1 is 1.10 bits per heavy atom. The number of halogens is 3. The van der Waals surface area contributed by atoms with E-state index < -0.39 is 11.6 Å². The molecule has 2 nitrogen and oxygen atoms in total. The fourth-order valence-corrected chi connectivity index (χ4v) is 2.27. The van der Waals surface area contributed by atoms with Crippen LogP contribution < -0.4 is 0 Å². The van der Waals surface area contributed by atoms with Crippen LogP contribution in [0, 0.1) is 11.6 Å². The minimum Gasteiger partial charge on any atom is -0.255 e. The summed E-state index contributed by atoms with van der Waals surface area (Å²) in [6, 6.07) is 9.00. The second-order valence-corrected chi connectivity index (χ2v) is 4.57. The third kappa shape index (κ3) is 2.23. The van der Waals surface area contributed by atoms with Crippen molar-refractivity contribution < 1.29 is 8.78 Å². The normalized spacial score (nSPS) is 10.9. The number of fused-ring (bicyclic) bond motifs is 1. The van der Waals surface area contributed by atoms with Gasteiger partial charge in [0.15, 0.2) is 0 Å². The summed E-state index contributed by atoms with van der Waals surface area (Å²) in [5.74, 6) is -1.13. The second kappa shape index (κ2) is 5.13. The van der Waals surface area contributed by atoms with Crippen LogP contribution in [-0.4, -0.2) is 9.97 Å². The van der Waals surface area contributed by atoms with Gasteiger partial charge in [0.05, 0.1) is 16.9 Å². The summed E-state index contributed by atoms with van der Waals surface area (Å²) in [4.78, 5) is 8.51. The Kier molecular flexibility index (Phi) is 3.32. The van der Waals surface area contributed by atoms with Crippen molar-refractivity contribution in [3.63, 3.8) is 0 Å². The topological polar surface area (TPSA) is 25.8 Å². The number of aromatic nitrogens is 2. The lowest BCUT2D eigenvalue weighted by Crippen LogP contribution is -1.96. The molecular weight excluding hydrogens is 282 g/mol. The van der Waals surface area contributed by atoms with Crippen LogP contribution in [0.2, 0.25) is 0 Å². The van der Waals surface area contributed by atoms with Gasteiger partial charge in [0.25, 0.3) is 0 Å². The average Bonchev–Trinajstić information content (AvgIpc) is 2.47. The van der Waals surface area contributed by atoms with Gasteiger partial charge in [-0.25, -0.2) is 13.8 Å². The van der Waals surface area contributed by atoms with Gasteiger partial charge in [-0.2, -0.15) is 0 Å². The number of hydrogen-bond acceptors (Lipinski definition) is 2. The zero-order valence-corrected chi connectivity index (χ0v) is 11.0. The van der Waals surface area contributed by atoms with Crippen LogP contribution in [0.25, 0.3) is 22.3 Å². The lowest BCUT2D eigenvalue weighted by atomic mass is 10.1. The molecule has 3 aromatic rings. The summed E-state index contributed by atoms with van der Waals surface area (Å²) in [5, 5.41) is 0.252. The molecule has 0 radical (unpaired) electrons. The van der Waals surface area contributed by atoms with E-state index in [2.05, 4.69) is 9.97 Å². The lowest BCUT2D eigenvalue weighted by Gasteiger charge is -2.09. The minimum absolute atomic E-state index is 0.172. The van der Waals surface area contributed by atoms with Gasteiger partial charge in [-0.3, -0.25) is 4.98 Å². The summed E-state index contributed by atoms with van der Waals surface area (Å²) >= 11 is 5.90. The van der Waals surface area contributed by atoms with Gasteiger partial charge in [-0.1, -0.05) is 6.07 Å². The third-order valence-corrected chi connectivity index (χ3v) is 3.27. The van der Waals surface area contributed by atoms with E-state index in [9.17, 15) is 8.78 Å². The van der Waals surface area contributed by atoms with Crippen molar-refractivity contribution in [3.05, 3.63) is 59.8 Å². The number of pyridine rings is 2. The highest BCUT2D eigenvalue weighted by atomic mass is 35.5. The van der Waals surface area contributed by atoms with E-state index in [4.69, 9.17) is 11.6 Å². The van der Waals surface area contributed by atoms with Gasteiger partial charge in [-0.15, -0.1) is 11.6 Å². The summed E-state index contributed by atoms with van der Waals surface area (Å²) in [6.07, 6.45) is 1.63. The molecular formula is C15H9ClF2N2. The fourth-order valence-electron chi connectivity index (χ4n) is 2.07. The van der Waals surface area contributed by atoms with Crippen molar-refractivity contribution in [2.24, 2.45) is 0 Å². The molecule has 0 aliphatic rings. The predicted molar refractivity (Wildman–Crippen MR) is 74.4 cm³/mol. The maximum Gasteiger partial charge on any atom is 0.135 e. The van der Waals surface area contributed by atoms with Gasteiger partial charge < -0.3 is 0 Å². The number of benzene rings is 1. The van der Waals surface area contributed by atoms with Crippen LogP contribution in [0.5, 0.6) is 0 Å². The maximum absolute atomic E-state index is 13.8. The third-order valence-electron chi connectivity index (χ3n) is 2.98. The Bertz CT molecular complexity index is 776. The van der Waals surface area contributed by atoms with E-state index in [0.717, 1.165) is 6.07 Å². The molecule has 0 unspecified atom stereocenters. The molecule has 0 amide bonds. The van der Waals surface area contributed by atoms with Gasteiger partial charge in [0.1, 0.15) is 11.6 Å². The quantitative estimate of drug-likeness (QED) is 0.657. The molecule has 2 aromatic heterocycles. The number of rotatable bonds is 2. The summed E-state index contributed by atoms with van der Waals surface area (Å²) < 4.78 is 27.1. The molecule has 3 rings (SSSR count). The smallest absolute Gasteiger partial charge is 0.135 e. The Balaban J connectivity index is 2.32. The Morgan fingerprint density at radius 2 is 1.95 bits per heavy atom. The van der Waals surface area contributed by atoms with E-state index in [1.165, 1.54) is 6.07 Å². The highest BCUT2D eigenvalue weighted by Crippen LogP contribution is 2.27.